The number of hydrogen-bond acceptors (Lipinski definition) is 2. The molecule has 0 saturated heterocycles. The first kappa shape index (κ1) is 19.2. The molecular weight excluding hydrogens is 338 g/mol. The van der Waals surface area contributed by atoms with E-state index in [4.69, 9.17) is 0 Å². The van der Waals surface area contributed by atoms with E-state index in [9.17, 15) is 14.7 Å². The summed E-state index contributed by atoms with van der Waals surface area (Å²) in [6.07, 6.45) is 3.95. The van der Waals surface area contributed by atoms with Gasteiger partial charge < -0.3 is 10.4 Å². The van der Waals surface area contributed by atoms with E-state index in [1.54, 1.807) is 0 Å². The lowest BCUT2D eigenvalue weighted by atomic mass is 9.79. The number of amides is 1. The van der Waals surface area contributed by atoms with Crippen molar-refractivity contribution in [2.75, 3.05) is 6.54 Å². The minimum absolute atomic E-state index is 0.00553. The molecule has 2 aromatic carbocycles. The Morgan fingerprint density at radius 1 is 0.926 bits per heavy atom. The Labute approximate surface area is 160 Å². The average molecular weight is 365 g/mol. The zero-order chi connectivity index (χ0) is 19.1. The van der Waals surface area contributed by atoms with Crippen LogP contribution in [0.3, 0.4) is 0 Å². The Hall–Kier alpha value is -2.62. The Morgan fingerprint density at radius 3 is 2.04 bits per heavy atom. The van der Waals surface area contributed by atoms with E-state index in [-0.39, 0.29) is 23.7 Å². The first-order chi connectivity index (χ1) is 13.1. The Bertz CT molecular complexity index is 705. The molecule has 2 atom stereocenters. The van der Waals surface area contributed by atoms with Gasteiger partial charge in [0.2, 0.25) is 5.91 Å². The fraction of sp³-hybridized carbons (Fsp3) is 0.391. The number of carboxylic acids is 1. The third-order valence-corrected chi connectivity index (χ3v) is 5.58. The smallest absolute Gasteiger partial charge is 0.306 e. The van der Waals surface area contributed by atoms with Crippen LogP contribution in [0.2, 0.25) is 0 Å². The van der Waals surface area contributed by atoms with Gasteiger partial charge in [-0.15, -0.1) is 0 Å². The van der Waals surface area contributed by atoms with Gasteiger partial charge in [-0.25, -0.2) is 0 Å². The van der Waals surface area contributed by atoms with Gasteiger partial charge in [0.25, 0.3) is 0 Å². The van der Waals surface area contributed by atoms with Gasteiger partial charge in [0, 0.05) is 18.9 Å². The molecule has 0 spiro atoms. The van der Waals surface area contributed by atoms with Crippen molar-refractivity contribution in [2.24, 2.45) is 11.8 Å². The molecular formula is C23H27NO3. The average Bonchev–Trinajstić information content (AvgIpc) is 2.72. The van der Waals surface area contributed by atoms with E-state index in [1.807, 2.05) is 60.7 Å². The highest BCUT2D eigenvalue weighted by molar-refractivity contribution is 5.77. The highest BCUT2D eigenvalue weighted by Crippen LogP contribution is 2.30. The number of carbonyl (C=O) groups excluding carboxylic acids is 1. The fourth-order valence-electron chi connectivity index (χ4n) is 4.08. The van der Waals surface area contributed by atoms with Crippen LogP contribution in [0.15, 0.2) is 60.7 Å². The van der Waals surface area contributed by atoms with Gasteiger partial charge in [-0.3, -0.25) is 9.59 Å². The van der Waals surface area contributed by atoms with Crippen LogP contribution in [0.25, 0.3) is 0 Å². The SMILES string of the molecule is O=C(CC(c1ccccc1)c1ccccc1)NC[C@@H]1CCCC[C@@H]1C(=O)O. The van der Waals surface area contributed by atoms with Crippen LogP contribution < -0.4 is 5.32 Å². The minimum atomic E-state index is -0.736. The molecule has 0 unspecified atom stereocenters. The summed E-state index contributed by atoms with van der Waals surface area (Å²) in [5.74, 6) is -1.07. The third kappa shape index (κ3) is 5.19. The molecule has 4 nitrogen and oxygen atoms in total. The molecule has 142 valence electrons. The van der Waals surface area contributed by atoms with Crippen LogP contribution in [-0.4, -0.2) is 23.5 Å². The maximum Gasteiger partial charge on any atom is 0.306 e. The van der Waals surface area contributed by atoms with Crippen molar-refractivity contribution >= 4 is 11.9 Å². The van der Waals surface area contributed by atoms with Crippen LogP contribution in [0, 0.1) is 11.8 Å². The molecule has 0 aliphatic heterocycles. The van der Waals surface area contributed by atoms with E-state index >= 15 is 0 Å². The van der Waals surface area contributed by atoms with Crippen molar-refractivity contribution in [3.05, 3.63) is 71.8 Å². The minimum Gasteiger partial charge on any atom is -0.481 e. The summed E-state index contributed by atoms with van der Waals surface area (Å²) < 4.78 is 0. The Balaban J connectivity index is 1.65. The number of nitrogens with one attached hydrogen (secondary N) is 1. The quantitative estimate of drug-likeness (QED) is 0.772. The summed E-state index contributed by atoms with van der Waals surface area (Å²) in [4.78, 5) is 24.1. The number of benzene rings is 2. The third-order valence-electron chi connectivity index (χ3n) is 5.58. The maximum atomic E-state index is 12.7. The maximum absolute atomic E-state index is 12.7. The van der Waals surface area contributed by atoms with E-state index in [0.29, 0.717) is 19.4 Å². The van der Waals surface area contributed by atoms with Crippen molar-refractivity contribution in [2.45, 2.75) is 38.0 Å². The van der Waals surface area contributed by atoms with Crippen molar-refractivity contribution in [3.63, 3.8) is 0 Å². The number of hydrogen-bond donors (Lipinski definition) is 2. The van der Waals surface area contributed by atoms with E-state index in [1.165, 1.54) is 0 Å². The molecule has 0 bridgehead atoms. The summed E-state index contributed by atoms with van der Waals surface area (Å²) >= 11 is 0. The molecule has 1 fully saturated rings. The van der Waals surface area contributed by atoms with Crippen molar-refractivity contribution in [1.82, 2.24) is 5.32 Å². The topological polar surface area (TPSA) is 66.4 Å². The predicted molar refractivity (Wildman–Crippen MR) is 105 cm³/mol. The molecule has 3 rings (SSSR count). The van der Waals surface area contributed by atoms with Gasteiger partial charge in [0.15, 0.2) is 0 Å². The number of rotatable bonds is 7. The zero-order valence-electron chi connectivity index (χ0n) is 15.5. The fourth-order valence-corrected chi connectivity index (χ4v) is 4.08. The molecule has 0 radical (unpaired) electrons. The summed E-state index contributed by atoms with van der Waals surface area (Å²) in [5.41, 5.74) is 2.22. The Morgan fingerprint density at radius 2 is 1.48 bits per heavy atom. The van der Waals surface area contributed by atoms with Crippen LogP contribution in [0.1, 0.15) is 49.1 Å². The van der Waals surface area contributed by atoms with Crippen molar-refractivity contribution in [1.29, 1.82) is 0 Å². The highest BCUT2D eigenvalue weighted by Gasteiger charge is 2.31. The number of carbonyl (C=O) groups is 2. The largest absolute Gasteiger partial charge is 0.481 e. The second-order valence-electron chi connectivity index (χ2n) is 7.37. The molecule has 1 saturated carbocycles. The lowest BCUT2D eigenvalue weighted by Crippen LogP contribution is -2.37. The van der Waals surface area contributed by atoms with Gasteiger partial charge in [0.1, 0.15) is 0 Å². The molecule has 1 aliphatic carbocycles. The lowest BCUT2D eigenvalue weighted by molar-refractivity contribution is -0.145. The van der Waals surface area contributed by atoms with Crippen molar-refractivity contribution < 1.29 is 14.7 Å². The summed E-state index contributed by atoms with van der Waals surface area (Å²) in [6.45, 7) is 0.450. The first-order valence-corrected chi connectivity index (χ1v) is 9.74. The molecule has 2 N–H and O–H groups in total. The first-order valence-electron chi connectivity index (χ1n) is 9.74. The van der Waals surface area contributed by atoms with Crippen LogP contribution in [0.4, 0.5) is 0 Å². The molecule has 0 aromatic heterocycles. The zero-order valence-corrected chi connectivity index (χ0v) is 15.5. The second kappa shape index (κ2) is 9.36. The normalized spacial score (nSPS) is 19.6. The summed E-state index contributed by atoms with van der Waals surface area (Å²) in [5, 5.41) is 12.4. The van der Waals surface area contributed by atoms with Crippen molar-refractivity contribution in [3.8, 4) is 0 Å². The molecule has 4 heteroatoms. The Kier molecular flexibility index (Phi) is 6.64. The monoisotopic (exact) mass is 365 g/mol. The van der Waals surface area contributed by atoms with Crippen LogP contribution >= 0.6 is 0 Å². The molecule has 27 heavy (non-hydrogen) atoms. The van der Waals surface area contributed by atoms with E-state index in [0.717, 1.165) is 30.4 Å². The second-order valence-corrected chi connectivity index (χ2v) is 7.37. The molecule has 1 aliphatic rings. The van der Waals surface area contributed by atoms with E-state index in [2.05, 4.69) is 5.32 Å². The molecule has 1 amide bonds. The van der Waals surface area contributed by atoms with Gasteiger partial charge >= 0.3 is 5.97 Å². The summed E-state index contributed by atoms with van der Waals surface area (Å²) in [7, 11) is 0. The standard InChI is InChI=1S/C23H27NO3/c25-22(24-16-19-13-7-8-14-20(19)23(26)27)15-21(17-9-3-1-4-10-17)18-11-5-2-6-12-18/h1-6,9-12,19-21H,7-8,13-16H2,(H,24,25)(H,26,27)/t19-,20-/m0/s1. The highest BCUT2D eigenvalue weighted by atomic mass is 16.4. The van der Waals surface area contributed by atoms with Gasteiger partial charge in [-0.2, -0.15) is 0 Å². The van der Waals surface area contributed by atoms with Crippen LogP contribution in [0.5, 0.6) is 0 Å². The van der Waals surface area contributed by atoms with Crippen LogP contribution in [-0.2, 0) is 9.59 Å². The van der Waals surface area contributed by atoms with Gasteiger partial charge in [-0.05, 0) is 29.9 Å². The van der Waals surface area contributed by atoms with E-state index < -0.39 is 5.97 Å². The molecule has 0 heterocycles. The molecule has 2 aromatic rings. The number of aliphatic carboxylic acids is 1. The summed E-state index contributed by atoms with van der Waals surface area (Å²) in [6, 6.07) is 20.1. The lowest BCUT2D eigenvalue weighted by Gasteiger charge is -2.28. The predicted octanol–water partition coefficient (Wildman–Crippen LogP) is 4.22. The number of carboxylic acid groups (broad SMARTS) is 1. The van der Waals surface area contributed by atoms with Gasteiger partial charge in [0.05, 0.1) is 5.92 Å². The van der Waals surface area contributed by atoms with Gasteiger partial charge in [-0.1, -0.05) is 73.5 Å².